The summed E-state index contributed by atoms with van der Waals surface area (Å²) in [4.78, 5) is 10.3. The predicted molar refractivity (Wildman–Crippen MR) is 65.2 cm³/mol. The Balaban J connectivity index is 2.46. The fraction of sp³-hybridized carbons (Fsp3) is 0. The standard InChI is InChI=1S/C12H7ClF2N2O2/c13-8-5-16-17(6-8)12-9(14)3-7(4-10(12)15)1-2-11(18)19/h1-6H,(H,18,19). The molecule has 0 bridgehead atoms. The van der Waals surface area contributed by atoms with Crippen LogP contribution in [0.25, 0.3) is 11.8 Å². The average molecular weight is 285 g/mol. The van der Waals surface area contributed by atoms with E-state index in [4.69, 9.17) is 16.7 Å². The van der Waals surface area contributed by atoms with Crippen molar-refractivity contribution in [1.29, 1.82) is 0 Å². The minimum absolute atomic E-state index is 0.0967. The average Bonchev–Trinajstić information content (AvgIpc) is 2.72. The maximum Gasteiger partial charge on any atom is 0.328 e. The molecule has 1 aromatic heterocycles. The molecule has 1 N–H and O–H groups in total. The minimum atomic E-state index is -1.20. The summed E-state index contributed by atoms with van der Waals surface area (Å²) in [5, 5.41) is 12.4. The third-order valence-electron chi connectivity index (χ3n) is 2.24. The summed E-state index contributed by atoms with van der Waals surface area (Å²) in [6, 6.07) is 2.01. The van der Waals surface area contributed by atoms with Gasteiger partial charge in [-0.15, -0.1) is 0 Å². The molecular weight excluding hydrogens is 278 g/mol. The Morgan fingerprint density at radius 2 is 2.00 bits per heavy atom. The summed E-state index contributed by atoms with van der Waals surface area (Å²) in [6.45, 7) is 0. The molecule has 1 aromatic carbocycles. The Labute approximate surface area is 111 Å². The van der Waals surface area contributed by atoms with E-state index in [0.717, 1.165) is 29.0 Å². The van der Waals surface area contributed by atoms with E-state index in [9.17, 15) is 13.6 Å². The van der Waals surface area contributed by atoms with Crippen LogP contribution >= 0.6 is 11.6 Å². The van der Waals surface area contributed by atoms with E-state index in [1.165, 1.54) is 12.4 Å². The van der Waals surface area contributed by atoms with Crippen molar-refractivity contribution in [2.45, 2.75) is 0 Å². The number of hydrogen-bond donors (Lipinski definition) is 1. The lowest BCUT2D eigenvalue weighted by molar-refractivity contribution is -0.131. The number of aromatic nitrogens is 2. The van der Waals surface area contributed by atoms with Crippen molar-refractivity contribution in [3.8, 4) is 5.69 Å². The molecule has 0 unspecified atom stereocenters. The first-order valence-corrected chi connectivity index (χ1v) is 5.46. The van der Waals surface area contributed by atoms with Gasteiger partial charge in [0.25, 0.3) is 0 Å². The predicted octanol–water partition coefficient (Wildman–Crippen LogP) is 2.90. The van der Waals surface area contributed by atoms with Crippen LogP contribution in [-0.4, -0.2) is 20.9 Å². The zero-order chi connectivity index (χ0) is 14.0. The van der Waals surface area contributed by atoms with Gasteiger partial charge in [-0.2, -0.15) is 5.10 Å². The number of nitrogens with zero attached hydrogens (tertiary/aromatic N) is 2. The molecule has 0 aliphatic carbocycles. The van der Waals surface area contributed by atoms with E-state index in [2.05, 4.69) is 5.10 Å². The number of hydrogen-bond acceptors (Lipinski definition) is 2. The summed E-state index contributed by atoms with van der Waals surface area (Å²) in [5.41, 5.74) is -0.279. The van der Waals surface area contributed by atoms with Crippen LogP contribution in [0.2, 0.25) is 5.02 Å². The van der Waals surface area contributed by atoms with Gasteiger partial charge < -0.3 is 5.11 Å². The van der Waals surface area contributed by atoms with E-state index < -0.39 is 17.6 Å². The van der Waals surface area contributed by atoms with Crippen molar-refractivity contribution in [1.82, 2.24) is 9.78 Å². The largest absolute Gasteiger partial charge is 0.478 e. The zero-order valence-electron chi connectivity index (χ0n) is 9.35. The third kappa shape index (κ3) is 2.97. The first-order valence-electron chi connectivity index (χ1n) is 5.08. The van der Waals surface area contributed by atoms with Crippen molar-refractivity contribution in [3.63, 3.8) is 0 Å². The Bertz CT molecular complexity index is 644. The van der Waals surface area contributed by atoms with Gasteiger partial charge in [-0.25, -0.2) is 18.3 Å². The minimum Gasteiger partial charge on any atom is -0.478 e. The Morgan fingerprint density at radius 3 is 2.47 bits per heavy atom. The number of carboxylic acid groups (broad SMARTS) is 1. The van der Waals surface area contributed by atoms with E-state index in [1.807, 2.05) is 0 Å². The molecule has 7 heteroatoms. The molecular formula is C12H7ClF2N2O2. The second-order valence-electron chi connectivity index (χ2n) is 3.61. The van der Waals surface area contributed by atoms with Gasteiger partial charge in [0.05, 0.1) is 11.2 Å². The highest BCUT2D eigenvalue weighted by Crippen LogP contribution is 2.21. The Morgan fingerprint density at radius 1 is 1.37 bits per heavy atom. The molecule has 98 valence electrons. The molecule has 1 heterocycles. The van der Waals surface area contributed by atoms with Gasteiger partial charge >= 0.3 is 5.97 Å². The number of carbonyl (C=O) groups is 1. The lowest BCUT2D eigenvalue weighted by atomic mass is 10.1. The van der Waals surface area contributed by atoms with Gasteiger partial charge in [-0.1, -0.05) is 11.6 Å². The Kier molecular flexibility index (Phi) is 3.62. The van der Waals surface area contributed by atoms with Gasteiger partial charge in [0, 0.05) is 12.3 Å². The normalized spacial score (nSPS) is 11.1. The molecule has 19 heavy (non-hydrogen) atoms. The van der Waals surface area contributed by atoms with Crippen LogP contribution in [0, 0.1) is 11.6 Å². The summed E-state index contributed by atoms with van der Waals surface area (Å²) in [6.07, 6.45) is 4.39. The number of halogens is 3. The lowest BCUT2D eigenvalue weighted by Crippen LogP contribution is -2.02. The van der Waals surface area contributed by atoms with Gasteiger partial charge in [0.2, 0.25) is 0 Å². The maximum atomic E-state index is 13.8. The zero-order valence-corrected chi connectivity index (χ0v) is 10.1. The number of carboxylic acids is 1. The van der Waals surface area contributed by atoms with Crippen LogP contribution < -0.4 is 0 Å². The quantitative estimate of drug-likeness (QED) is 0.882. The van der Waals surface area contributed by atoms with E-state index in [0.29, 0.717) is 0 Å². The highest BCUT2D eigenvalue weighted by Gasteiger charge is 2.13. The molecule has 0 saturated carbocycles. The molecule has 0 aliphatic heterocycles. The molecule has 0 aliphatic rings. The molecule has 0 radical (unpaired) electrons. The molecule has 2 aromatic rings. The van der Waals surface area contributed by atoms with Crippen molar-refractivity contribution in [3.05, 3.63) is 52.8 Å². The molecule has 0 spiro atoms. The smallest absolute Gasteiger partial charge is 0.328 e. The third-order valence-corrected chi connectivity index (χ3v) is 2.43. The van der Waals surface area contributed by atoms with Crippen LogP contribution in [0.15, 0.2) is 30.6 Å². The van der Waals surface area contributed by atoms with Crippen LogP contribution in [0.5, 0.6) is 0 Å². The van der Waals surface area contributed by atoms with Gasteiger partial charge in [-0.05, 0) is 23.8 Å². The maximum absolute atomic E-state index is 13.8. The summed E-state index contributed by atoms with van der Waals surface area (Å²) < 4.78 is 28.6. The lowest BCUT2D eigenvalue weighted by Gasteiger charge is -2.06. The molecule has 0 amide bonds. The molecule has 2 rings (SSSR count). The van der Waals surface area contributed by atoms with Crippen LogP contribution in [0.3, 0.4) is 0 Å². The van der Waals surface area contributed by atoms with Crippen molar-refractivity contribution in [2.24, 2.45) is 0 Å². The highest BCUT2D eigenvalue weighted by molar-refractivity contribution is 6.30. The number of rotatable bonds is 3. The van der Waals surface area contributed by atoms with Crippen LogP contribution in [-0.2, 0) is 4.79 Å². The van der Waals surface area contributed by atoms with E-state index in [-0.39, 0.29) is 16.3 Å². The first kappa shape index (κ1) is 13.2. The number of benzene rings is 1. The fourth-order valence-corrected chi connectivity index (χ4v) is 1.63. The first-order chi connectivity index (χ1) is 8.97. The Hall–Kier alpha value is -2.21. The number of aliphatic carboxylic acids is 1. The van der Waals surface area contributed by atoms with Gasteiger partial charge in [0.15, 0.2) is 11.6 Å². The molecule has 0 fully saturated rings. The summed E-state index contributed by atoms with van der Waals surface area (Å²) in [7, 11) is 0. The van der Waals surface area contributed by atoms with Gasteiger partial charge in [0.1, 0.15) is 5.69 Å². The topological polar surface area (TPSA) is 55.1 Å². The fourth-order valence-electron chi connectivity index (χ4n) is 1.49. The monoisotopic (exact) mass is 284 g/mol. The molecule has 0 saturated heterocycles. The van der Waals surface area contributed by atoms with Gasteiger partial charge in [-0.3, -0.25) is 0 Å². The van der Waals surface area contributed by atoms with Crippen molar-refractivity contribution >= 4 is 23.6 Å². The summed E-state index contributed by atoms with van der Waals surface area (Å²) in [5.74, 6) is -2.95. The van der Waals surface area contributed by atoms with Crippen molar-refractivity contribution in [2.75, 3.05) is 0 Å². The highest BCUT2D eigenvalue weighted by atomic mass is 35.5. The van der Waals surface area contributed by atoms with E-state index in [1.54, 1.807) is 0 Å². The second-order valence-corrected chi connectivity index (χ2v) is 4.04. The summed E-state index contributed by atoms with van der Waals surface area (Å²) >= 11 is 5.63. The van der Waals surface area contributed by atoms with Crippen LogP contribution in [0.4, 0.5) is 8.78 Å². The van der Waals surface area contributed by atoms with Crippen molar-refractivity contribution < 1.29 is 18.7 Å². The molecule has 4 nitrogen and oxygen atoms in total. The van der Waals surface area contributed by atoms with E-state index >= 15 is 0 Å². The van der Waals surface area contributed by atoms with Crippen LogP contribution in [0.1, 0.15) is 5.56 Å². The molecule has 0 atom stereocenters. The SMILES string of the molecule is O=C(O)C=Cc1cc(F)c(-n2cc(Cl)cn2)c(F)c1. The second kappa shape index (κ2) is 5.19.